The first kappa shape index (κ1) is 15.7. The summed E-state index contributed by atoms with van der Waals surface area (Å²) in [5, 5.41) is 3.15. The molecule has 0 aromatic rings. The molecule has 0 atom stereocenters. The first-order chi connectivity index (χ1) is 6.68. The van der Waals surface area contributed by atoms with Gasteiger partial charge in [-0.2, -0.15) is 0 Å². The van der Waals surface area contributed by atoms with Crippen molar-refractivity contribution >= 4 is 6.21 Å². The average Bonchev–Trinajstić information content (AvgIpc) is 2.16. The minimum Gasteiger partial charge on any atom is -0.391 e. The van der Waals surface area contributed by atoms with Crippen LogP contribution in [0.2, 0.25) is 0 Å². The standard InChI is InChI=1S/C7H15N.C5H11N/c1-4-5-8-6-7(2)3;1-3-5-6-4-2/h4-5,7-8H,6H2,1-3H3;5H,3-4H2,1-2H3/b5-4-;. The first-order valence-electron chi connectivity index (χ1n) is 5.51. The monoisotopic (exact) mass is 198 g/mol. The van der Waals surface area contributed by atoms with E-state index in [-0.39, 0.29) is 0 Å². The van der Waals surface area contributed by atoms with Crippen molar-refractivity contribution in [2.24, 2.45) is 10.9 Å². The summed E-state index contributed by atoms with van der Waals surface area (Å²) in [6.07, 6.45) is 6.97. The number of nitrogens with zero attached hydrogens (tertiary/aromatic N) is 1. The molecule has 0 bridgehead atoms. The molecule has 0 unspecified atom stereocenters. The fourth-order valence-electron chi connectivity index (χ4n) is 0.680. The molecule has 0 fully saturated rings. The topological polar surface area (TPSA) is 24.4 Å². The molecule has 0 heterocycles. The lowest BCUT2D eigenvalue weighted by Gasteiger charge is -2.01. The summed E-state index contributed by atoms with van der Waals surface area (Å²) in [5.41, 5.74) is 0. The van der Waals surface area contributed by atoms with Crippen molar-refractivity contribution in [2.75, 3.05) is 13.1 Å². The Morgan fingerprint density at radius 3 is 2.21 bits per heavy atom. The van der Waals surface area contributed by atoms with Gasteiger partial charge in [0.1, 0.15) is 0 Å². The molecular weight excluding hydrogens is 172 g/mol. The van der Waals surface area contributed by atoms with Crippen molar-refractivity contribution in [3.05, 3.63) is 12.3 Å². The van der Waals surface area contributed by atoms with Crippen LogP contribution < -0.4 is 5.32 Å². The second-order valence-corrected chi connectivity index (χ2v) is 3.39. The third-order valence-corrected chi connectivity index (χ3v) is 1.30. The van der Waals surface area contributed by atoms with E-state index in [9.17, 15) is 0 Å². The number of hydrogen-bond donors (Lipinski definition) is 1. The first-order valence-corrected chi connectivity index (χ1v) is 5.51. The molecule has 0 aliphatic rings. The number of rotatable bonds is 5. The zero-order valence-corrected chi connectivity index (χ0v) is 10.4. The molecule has 0 amide bonds. The number of allylic oxidation sites excluding steroid dienone is 1. The molecule has 0 saturated heterocycles. The summed E-state index contributed by atoms with van der Waals surface area (Å²) >= 11 is 0. The van der Waals surface area contributed by atoms with Crippen molar-refractivity contribution in [2.45, 2.75) is 41.0 Å². The van der Waals surface area contributed by atoms with Crippen molar-refractivity contribution in [1.82, 2.24) is 5.32 Å². The summed E-state index contributed by atoms with van der Waals surface area (Å²) in [5.74, 6) is 0.742. The Bertz CT molecular complexity index is 131. The van der Waals surface area contributed by atoms with Gasteiger partial charge in [0.05, 0.1) is 0 Å². The van der Waals surface area contributed by atoms with Crippen LogP contribution in [0.5, 0.6) is 0 Å². The molecule has 1 N–H and O–H groups in total. The lowest BCUT2D eigenvalue weighted by atomic mass is 10.2. The van der Waals surface area contributed by atoms with Crippen LogP contribution in [0.4, 0.5) is 0 Å². The smallest absolute Gasteiger partial charge is 0.0357 e. The van der Waals surface area contributed by atoms with Gasteiger partial charge in [0.2, 0.25) is 0 Å². The maximum absolute atomic E-state index is 3.97. The van der Waals surface area contributed by atoms with Crippen LogP contribution in [0.3, 0.4) is 0 Å². The minimum atomic E-state index is 0.742. The van der Waals surface area contributed by atoms with Gasteiger partial charge in [0, 0.05) is 13.1 Å². The fourth-order valence-corrected chi connectivity index (χ4v) is 0.680. The van der Waals surface area contributed by atoms with Gasteiger partial charge in [-0.25, -0.2) is 0 Å². The van der Waals surface area contributed by atoms with Crippen molar-refractivity contribution in [3.8, 4) is 0 Å². The third-order valence-electron chi connectivity index (χ3n) is 1.30. The van der Waals surface area contributed by atoms with Gasteiger partial charge in [0.25, 0.3) is 0 Å². The summed E-state index contributed by atoms with van der Waals surface area (Å²) in [4.78, 5) is 3.97. The highest BCUT2D eigenvalue weighted by atomic mass is 14.8. The molecule has 0 rings (SSSR count). The van der Waals surface area contributed by atoms with E-state index in [1.54, 1.807) is 0 Å². The van der Waals surface area contributed by atoms with E-state index in [0.717, 1.165) is 25.4 Å². The summed E-state index contributed by atoms with van der Waals surface area (Å²) < 4.78 is 0. The maximum atomic E-state index is 3.97. The van der Waals surface area contributed by atoms with E-state index in [1.165, 1.54) is 0 Å². The SMILES string of the molecule is C/C=C\NCC(C)C.CCC=NCC. The predicted molar refractivity (Wildman–Crippen MR) is 67.0 cm³/mol. The van der Waals surface area contributed by atoms with Crippen LogP contribution in [0.15, 0.2) is 17.3 Å². The van der Waals surface area contributed by atoms with Crippen LogP contribution in [0.1, 0.15) is 41.0 Å². The average molecular weight is 198 g/mol. The highest BCUT2D eigenvalue weighted by molar-refractivity contribution is 5.56. The second kappa shape index (κ2) is 14.7. The van der Waals surface area contributed by atoms with E-state index < -0.39 is 0 Å². The van der Waals surface area contributed by atoms with E-state index in [2.05, 4.69) is 31.1 Å². The Balaban J connectivity index is 0. The van der Waals surface area contributed by atoms with E-state index in [1.807, 2.05) is 32.3 Å². The lowest BCUT2D eigenvalue weighted by molar-refractivity contribution is 0.611. The van der Waals surface area contributed by atoms with E-state index in [0.29, 0.717) is 0 Å². The molecule has 0 radical (unpaired) electrons. The predicted octanol–water partition coefficient (Wildman–Crippen LogP) is 3.25. The van der Waals surface area contributed by atoms with Crippen molar-refractivity contribution in [1.29, 1.82) is 0 Å². The second-order valence-electron chi connectivity index (χ2n) is 3.39. The highest BCUT2D eigenvalue weighted by Crippen LogP contribution is 1.85. The van der Waals surface area contributed by atoms with Gasteiger partial charge in [-0.15, -0.1) is 0 Å². The molecule has 0 aromatic carbocycles. The van der Waals surface area contributed by atoms with Gasteiger partial charge >= 0.3 is 0 Å². The van der Waals surface area contributed by atoms with Crippen LogP contribution >= 0.6 is 0 Å². The Kier molecular flexibility index (Phi) is 16.5. The molecule has 84 valence electrons. The molecule has 2 heteroatoms. The molecule has 0 aromatic heterocycles. The van der Waals surface area contributed by atoms with Crippen LogP contribution in [-0.4, -0.2) is 19.3 Å². The molecule has 0 aliphatic carbocycles. The van der Waals surface area contributed by atoms with Crippen molar-refractivity contribution < 1.29 is 0 Å². The fraction of sp³-hybridized carbons (Fsp3) is 0.750. The molecule has 14 heavy (non-hydrogen) atoms. The molecular formula is C12H26N2. The lowest BCUT2D eigenvalue weighted by Crippen LogP contribution is -2.12. The Morgan fingerprint density at radius 2 is 1.93 bits per heavy atom. The zero-order valence-electron chi connectivity index (χ0n) is 10.4. The Labute approximate surface area is 89.5 Å². The van der Waals surface area contributed by atoms with E-state index >= 15 is 0 Å². The van der Waals surface area contributed by atoms with Gasteiger partial charge < -0.3 is 5.32 Å². The van der Waals surface area contributed by atoms with Crippen molar-refractivity contribution in [3.63, 3.8) is 0 Å². The molecule has 2 nitrogen and oxygen atoms in total. The molecule has 0 spiro atoms. The van der Waals surface area contributed by atoms with Crippen LogP contribution in [0.25, 0.3) is 0 Å². The molecule has 0 saturated carbocycles. The van der Waals surface area contributed by atoms with E-state index in [4.69, 9.17) is 0 Å². The highest BCUT2D eigenvalue weighted by Gasteiger charge is 1.85. The van der Waals surface area contributed by atoms with Gasteiger partial charge in [-0.1, -0.05) is 26.8 Å². The number of nitrogens with one attached hydrogen (secondary N) is 1. The van der Waals surface area contributed by atoms with Crippen LogP contribution in [0, 0.1) is 5.92 Å². The molecule has 0 aliphatic heterocycles. The van der Waals surface area contributed by atoms with Gasteiger partial charge in [0.15, 0.2) is 0 Å². The third kappa shape index (κ3) is 22.5. The largest absolute Gasteiger partial charge is 0.391 e. The normalized spacial score (nSPS) is 10.7. The zero-order chi connectivity index (χ0) is 11.2. The van der Waals surface area contributed by atoms with Crippen LogP contribution in [-0.2, 0) is 0 Å². The Hall–Kier alpha value is -0.790. The minimum absolute atomic E-state index is 0.742. The summed E-state index contributed by atoms with van der Waals surface area (Å²) in [6, 6.07) is 0. The summed E-state index contributed by atoms with van der Waals surface area (Å²) in [6.45, 7) is 12.5. The quantitative estimate of drug-likeness (QED) is 0.674. The number of aliphatic imine (C=N–C) groups is 1. The summed E-state index contributed by atoms with van der Waals surface area (Å²) in [7, 11) is 0. The van der Waals surface area contributed by atoms with Gasteiger partial charge in [-0.05, 0) is 38.6 Å². The number of hydrogen-bond acceptors (Lipinski definition) is 2. The Morgan fingerprint density at radius 1 is 1.29 bits per heavy atom. The maximum Gasteiger partial charge on any atom is 0.0357 e. The van der Waals surface area contributed by atoms with Gasteiger partial charge in [-0.3, -0.25) is 4.99 Å².